The van der Waals surface area contributed by atoms with Gasteiger partial charge in [0.1, 0.15) is 0 Å². The van der Waals surface area contributed by atoms with E-state index in [9.17, 15) is 19.8 Å². The van der Waals surface area contributed by atoms with Gasteiger partial charge in [-0.1, -0.05) is 42.5 Å². The van der Waals surface area contributed by atoms with Crippen molar-refractivity contribution in [2.45, 2.75) is 12.8 Å². The molecule has 0 saturated carbocycles. The van der Waals surface area contributed by atoms with Crippen LogP contribution in [0.15, 0.2) is 54.6 Å². The minimum absolute atomic E-state index is 0.204. The second-order valence-electron chi connectivity index (χ2n) is 5.41. The zero-order valence-corrected chi connectivity index (χ0v) is 14.5. The van der Waals surface area contributed by atoms with Crippen LogP contribution in [0.2, 0.25) is 0 Å². The molecule has 2 aromatic rings. The van der Waals surface area contributed by atoms with Gasteiger partial charge in [0.2, 0.25) is 0 Å². The first kappa shape index (κ1) is 17.5. The molecule has 0 aliphatic heterocycles. The molecule has 0 fully saturated rings. The smallest absolute Gasteiger partial charge is 0.307 e. The molecule has 5 heteroatoms. The molecule has 0 unspecified atom stereocenters. The van der Waals surface area contributed by atoms with Crippen molar-refractivity contribution in [2.75, 3.05) is 0 Å². The number of carboxylic acid groups (broad SMARTS) is 2. The predicted octanol–water partition coefficient (Wildman–Crippen LogP) is 3.48. The minimum atomic E-state index is -1.08. The molecule has 0 radical (unpaired) electrons. The lowest BCUT2D eigenvalue weighted by Gasteiger charge is -2.20. The lowest BCUT2D eigenvalue weighted by Crippen LogP contribution is -2.33. The Morgan fingerprint density at radius 1 is 0.783 bits per heavy atom. The summed E-state index contributed by atoms with van der Waals surface area (Å²) in [6, 6.07) is 16.6. The van der Waals surface area contributed by atoms with Gasteiger partial charge in [0, 0.05) is 3.57 Å². The fraction of sp³-hybridized carbons (Fsp3) is 0.222. The molecule has 23 heavy (non-hydrogen) atoms. The lowest BCUT2D eigenvalue weighted by molar-refractivity contribution is -0.153. The summed E-state index contributed by atoms with van der Waals surface area (Å²) in [5.74, 6) is -4.08. The number of hydrogen-bond donors (Lipinski definition) is 2. The molecule has 0 aliphatic rings. The van der Waals surface area contributed by atoms with Crippen LogP contribution in [0.25, 0.3) is 0 Å². The van der Waals surface area contributed by atoms with Crippen molar-refractivity contribution in [1.82, 2.24) is 0 Å². The van der Waals surface area contributed by atoms with Crippen molar-refractivity contribution in [3.63, 3.8) is 0 Å². The van der Waals surface area contributed by atoms with E-state index in [0.717, 1.165) is 14.7 Å². The molecular weight excluding hydrogens is 407 g/mol. The second kappa shape index (κ2) is 8.10. The summed E-state index contributed by atoms with van der Waals surface area (Å²) >= 11 is 2.17. The van der Waals surface area contributed by atoms with Crippen LogP contribution < -0.4 is 0 Å². The summed E-state index contributed by atoms with van der Waals surface area (Å²) in [4.78, 5) is 23.3. The predicted molar refractivity (Wildman–Crippen MR) is 95.3 cm³/mol. The van der Waals surface area contributed by atoms with Crippen molar-refractivity contribution in [2.24, 2.45) is 11.8 Å². The van der Waals surface area contributed by atoms with E-state index < -0.39 is 23.8 Å². The zero-order chi connectivity index (χ0) is 16.8. The Hall–Kier alpha value is -1.89. The van der Waals surface area contributed by atoms with Gasteiger partial charge >= 0.3 is 11.9 Å². The highest BCUT2D eigenvalue weighted by molar-refractivity contribution is 14.1. The van der Waals surface area contributed by atoms with Crippen molar-refractivity contribution in [3.8, 4) is 0 Å². The van der Waals surface area contributed by atoms with Crippen LogP contribution in [0.4, 0.5) is 0 Å². The monoisotopic (exact) mass is 424 g/mol. The van der Waals surface area contributed by atoms with Crippen LogP contribution in [0.5, 0.6) is 0 Å². The molecule has 0 amide bonds. The molecule has 4 nitrogen and oxygen atoms in total. The Bertz CT molecular complexity index is 667. The van der Waals surface area contributed by atoms with Gasteiger partial charge in [-0.25, -0.2) is 0 Å². The van der Waals surface area contributed by atoms with Crippen LogP contribution in [-0.4, -0.2) is 22.2 Å². The van der Waals surface area contributed by atoms with Gasteiger partial charge in [-0.3, -0.25) is 9.59 Å². The number of carboxylic acids is 2. The number of hydrogen-bond acceptors (Lipinski definition) is 2. The van der Waals surface area contributed by atoms with Crippen LogP contribution in [-0.2, 0) is 22.4 Å². The molecule has 120 valence electrons. The van der Waals surface area contributed by atoms with Crippen LogP contribution in [0.3, 0.4) is 0 Å². The number of rotatable bonds is 7. The molecule has 2 rings (SSSR count). The van der Waals surface area contributed by atoms with Gasteiger partial charge in [-0.2, -0.15) is 0 Å². The fourth-order valence-electron chi connectivity index (χ4n) is 2.55. The van der Waals surface area contributed by atoms with Crippen molar-refractivity contribution >= 4 is 34.5 Å². The molecule has 0 aliphatic carbocycles. The SMILES string of the molecule is O=C(O)[C@@H](Cc1ccccc1)[C@H](Cc1ccc(I)cc1)C(=O)O. The molecule has 2 N–H and O–H groups in total. The standard InChI is InChI=1S/C18H17IO4/c19-14-8-6-13(7-9-14)11-16(18(22)23)15(17(20)21)10-12-4-2-1-3-5-12/h1-9,15-16H,10-11H2,(H,20,21)(H,22,23)/t15-,16-/m0/s1. The summed E-state index contributed by atoms with van der Waals surface area (Å²) in [5.41, 5.74) is 1.66. The maximum Gasteiger partial charge on any atom is 0.307 e. The van der Waals surface area contributed by atoms with Gasteiger partial charge in [-0.05, 0) is 58.7 Å². The third-order valence-electron chi connectivity index (χ3n) is 3.79. The largest absolute Gasteiger partial charge is 0.481 e. The topological polar surface area (TPSA) is 74.6 Å². The normalized spacial score (nSPS) is 13.3. The Kier molecular flexibility index (Phi) is 6.15. The average molecular weight is 424 g/mol. The Morgan fingerprint density at radius 3 is 1.65 bits per heavy atom. The Labute approximate surface area is 148 Å². The van der Waals surface area contributed by atoms with E-state index in [1.807, 2.05) is 54.6 Å². The third-order valence-corrected chi connectivity index (χ3v) is 4.51. The van der Waals surface area contributed by atoms with Crippen molar-refractivity contribution < 1.29 is 19.8 Å². The van der Waals surface area contributed by atoms with Crippen molar-refractivity contribution in [3.05, 3.63) is 69.3 Å². The first-order valence-corrected chi connectivity index (χ1v) is 8.29. The number of halogens is 1. The highest BCUT2D eigenvalue weighted by Gasteiger charge is 2.33. The highest BCUT2D eigenvalue weighted by Crippen LogP contribution is 2.23. The molecule has 0 spiro atoms. The summed E-state index contributed by atoms with van der Waals surface area (Å²) < 4.78 is 1.05. The molecule has 0 saturated heterocycles. The minimum Gasteiger partial charge on any atom is -0.481 e. The quantitative estimate of drug-likeness (QED) is 0.668. The molecule has 0 bridgehead atoms. The second-order valence-corrected chi connectivity index (χ2v) is 6.66. The Morgan fingerprint density at radius 2 is 1.22 bits per heavy atom. The summed E-state index contributed by atoms with van der Waals surface area (Å²) in [6.07, 6.45) is 0.410. The van der Waals surface area contributed by atoms with Gasteiger partial charge in [0.25, 0.3) is 0 Å². The van der Waals surface area contributed by atoms with E-state index in [-0.39, 0.29) is 12.8 Å². The zero-order valence-electron chi connectivity index (χ0n) is 12.4. The van der Waals surface area contributed by atoms with E-state index >= 15 is 0 Å². The molecule has 0 heterocycles. The number of aliphatic carboxylic acids is 2. The van der Waals surface area contributed by atoms with Gasteiger partial charge in [0.05, 0.1) is 11.8 Å². The van der Waals surface area contributed by atoms with E-state index in [2.05, 4.69) is 22.6 Å². The van der Waals surface area contributed by atoms with Gasteiger partial charge in [0.15, 0.2) is 0 Å². The van der Waals surface area contributed by atoms with E-state index in [0.29, 0.717) is 0 Å². The molecule has 0 aromatic heterocycles. The summed E-state index contributed by atoms with van der Waals surface area (Å²) in [7, 11) is 0. The molecule has 2 atom stereocenters. The van der Waals surface area contributed by atoms with E-state index in [4.69, 9.17) is 0 Å². The fourth-order valence-corrected chi connectivity index (χ4v) is 2.91. The van der Waals surface area contributed by atoms with Crippen LogP contribution >= 0.6 is 22.6 Å². The van der Waals surface area contributed by atoms with Crippen molar-refractivity contribution in [1.29, 1.82) is 0 Å². The van der Waals surface area contributed by atoms with E-state index in [1.165, 1.54) is 0 Å². The van der Waals surface area contributed by atoms with Gasteiger partial charge < -0.3 is 10.2 Å². The van der Waals surface area contributed by atoms with Crippen LogP contribution in [0, 0.1) is 15.4 Å². The highest BCUT2D eigenvalue weighted by atomic mass is 127. The Balaban J connectivity index is 2.22. The van der Waals surface area contributed by atoms with Crippen LogP contribution in [0.1, 0.15) is 11.1 Å². The average Bonchev–Trinajstić information content (AvgIpc) is 2.53. The summed E-state index contributed by atoms with van der Waals surface area (Å²) in [5, 5.41) is 19.0. The first-order chi connectivity index (χ1) is 11.0. The lowest BCUT2D eigenvalue weighted by atomic mass is 9.83. The number of carbonyl (C=O) groups is 2. The number of benzene rings is 2. The first-order valence-electron chi connectivity index (χ1n) is 7.21. The summed E-state index contributed by atoms with van der Waals surface area (Å²) in [6.45, 7) is 0. The molecular formula is C18H17IO4. The maximum atomic E-state index is 11.6. The van der Waals surface area contributed by atoms with Gasteiger partial charge in [-0.15, -0.1) is 0 Å². The van der Waals surface area contributed by atoms with E-state index in [1.54, 1.807) is 0 Å². The molecule has 2 aromatic carbocycles. The third kappa shape index (κ3) is 5.06. The maximum absolute atomic E-state index is 11.6.